The number of esters is 4. The maximum Gasteiger partial charge on any atom is 0.472 e. The fourth-order valence-electron chi connectivity index (χ4n) is 11.1. The van der Waals surface area contributed by atoms with Gasteiger partial charge < -0.3 is 33.8 Å². The van der Waals surface area contributed by atoms with E-state index in [1.807, 2.05) is 0 Å². The van der Waals surface area contributed by atoms with E-state index in [1.165, 1.54) is 186 Å². The maximum absolute atomic E-state index is 13.1. The van der Waals surface area contributed by atoms with Crippen LogP contribution >= 0.6 is 15.6 Å². The molecule has 546 valence electrons. The summed E-state index contributed by atoms with van der Waals surface area (Å²) in [4.78, 5) is 72.4. The van der Waals surface area contributed by atoms with Crippen molar-refractivity contribution in [3.05, 3.63) is 0 Å². The second-order valence-corrected chi connectivity index (χ2v) is 30.0. The highest BCUT2D eigenvalue weighted by molar-refractivity contribution is 7.47. The standard InChI is InChI=1S/C73H142O17P2/c1-7-10-12-14-15-16-17-18-19-20-21-22-23-24-25-26-34-39-45-51-57-73(78)90-69(62-84-71(76)56-50-44-38-33-30-28-32-37-43-48-54-66(6)9-3)64-88-92(81,82)86-60-67(74)59-85-91(79,80)87-63-68(61-83-70(75)55-49-41-13-11-8-2)89-72(77)58-52-46-40-35-29-27-31-36-42-47-53-65(4)5/h65-69,74H,7-64H2,1-6H3,(H,79,80)(H,81,82)/t66?,67-,68+,69+/m0/s1. The Labute approximate surface area is 562 Å². The van der Waals surface area contributed by atoms with Crippen molar-refractivity contribution in [2.24, 2.45) is 11.8 Å². The van der Waals surface area contributed by atoms with E-state index in [-0.39, 0.29) is 25.7 Å². The van der Waals surface area contributed by atoms with Crippen molar-refractivity contribution < 1.29 is 80.2 Å². The van der Waals surface area contributed by atoms with Crippen LogP contribution in [0.25, 0.3) is 0 Å². The number of carbonyl (C=O) groups is 4. The summed E-state index contributed by atoms with van der Waals surface area (Å²) in [5.74, 6) is -0.570. The second-order valence-electron chi connectivity index (χ2n) is 27.1. The van der Waals surface area contributed by atoms with Gasteiger partial charge in [0.05, 0.1) is 26.4 Å². The molecule has 0 heterocycles. The zero-order valence-corrected chi connectivity index (χ0v) is 61.6. The van der Waals surface area contributed by atoms with Crippen molar-refractivity contribution in [2.75, 3.05) is 39.6 Å². The minimum absolute atomic E-state index is 0.105. The van der Waals surface area contributed by atoms with Crippen LogP contribution in [0.1, 0.15) is 375 Å². The number of aliphatic hydroxyl groups is 1. The van der Waals surface area contributed by atoms with Crippen LogP contribution < -0.4 is 0 Å². The molecule has 0 rings (SSSR count). The van der Waals surface area contributed by atoms with Gasteiger partial charge in [0.25, 0.3) is 0 Å². The van der Waals surface area contributed by atoms with Gasteiger partial charge in [0.2, 0.25) is 0 Å². The molecule has 0 aliphatic heterocycles. The first-order valence-electron chi connectivity index (χ1n) is 38.0. The van der Waals surface area contributed by atoms with Crippen LogP contribution in [-0.4, -0.2) is 96.7 Å². The molecule has 0 saturated carbocycles. The highest BCUT2D eigenvalue weighted by atomic mass is 31.2. The van der Waals surface area contributed by atoms with Crippen LogP contribution in [0.2, 0.25) is 0 Å². The van der Waals surface area contributed by atoms with Crippen LogP contribution in [0.5, 0.6) is 0 Å². The summed E-state index contributed by atoms with van der Waals surface area (Å²) in [6.45, 7) is 9.50. The molecule has 6 atom stereocenters. The van der Waals surface area contributed by atoms with Crippen molar-refractivity contribution >= 4 is 39.5 Å². The number of hydrogen-bond donors (Lipinski definition) is 3. The molecule has 0 saturated heterocycles. The summed E-state index contributed by atoms with van der Waals surface area (Å²) in [7, 11) is -9.90. The van der Waals surface area contributed by atoms with E-state index >= 15 is 0 Å². The summed E-state index contributed by atoms with van der Waals surface area (Å²) < 4.78 is 68.2. The van der Waals surface area contributed by atoms with E-state index in [4.69, 9.17) is 37.0 Å². The molecule has 17 nitrogen and oxygen atoms in total. The zero-order valence-electron chi connectivity index (χ0n) is 59.9. The van der Waals surface area contributed by atoms with Crippen LogP contribution in [0.3, 0.4) is 0 Å². The fourth-order valence-corrected chi connectivity index (χ4v) is 12.7. The number of hydrogen-bond acceptors (Lipinski definition) is 15. The van der Waals surface area contributed by atoms with Crippen LogP contribution in [0.15, 0.2) is 0 Å². The number of phosphoric acid groups is 2. The normalized spacial score (nSPS) is 14.4. The van der Waals surface area contributed by atoms with E-state index in [0.29, 0.717) is 25.7 Å². The van der Waals surface area contributed by atoms with Gasteiger partial charge in [-0.05, 0) is 37.5 Å². The molecule has 0 radical (unpaired) electrons. The van der Waals surface area contributed by atoms with Gasteiger partial charge in [0.15, 0.2) is 12.2 Å². The average Bonchev–Trinajstić information content (AvgIpc) is 1.60. The van der Waals surface area contributed by atoms with Crippen molar-refractivity contribution in [1.29, 1.82) is 0 Å². The van der Waals surface area contributed by atoms with Crippen LogP contribution in [0, 0.1) is 11.8 Å². The third kappa shape index (κ3) is 65.4. The van der Waals surface area contributed by atoms with E-state index < -0.39 is 97.5 Å². The lowest BCUT2D eigenvalue weighted by Crippen LogP contribution is -2.30. The first-order valence-corrected chi connectivity index (χ1v) is 41.0. The third-order valence-electron chi connectivity index (χ3n) is 17.3. The van der Waals surface area contributed by atoms with Gasteiger partial charge in [0.1, 0.15) is 19.3 Å². The molecule has 0 aromatic heterocycles. The smallest absolute Gasteiger partial charge is 0.462 e. The summed E-state index contributed by atoms with van der Waals surface area (Å²) in [6.07, 6.45) is 51.8. The summed E-state index contributed by atoms with van der Waals surface area (Å²) in [5, 5.41) is 10.6. The molecular formula is C73H142O17P2. The van der Waals surface area contributed by atoms with Gasteiger partial charge in [0, 0.05) is 25.7 Å². The van der Waals surface area contributed by atoms with Gasteiger partial charge in [-0.2, -0.15) is 0 Å². The molecule has 0 aliphatic rings. The third-order valence-corrected chi connectivity index (χ3v) is 19.2. The molecule has 0 bridgehead atoms. The highest BCUT2D eigenvalue weighted by Gasteiger charge is 2.30. The van der Waals surface area contributed by atoms with Gasteiger partial charge >= 0.3 is 39.5 Å². The summed E-state index contributed by atoms with van der Waals surface area (Å²) >= 11 is 0. The Morgan fingerprint density at radius 1 is 0.315 bits per heavy atom. The molecule has 0 fully saturated rings. The first kappa shape index (κ1) is 90.1. The predicted octanol–water partition coefficient (Wildman–Crippen LogP) is 21.2. The molecule has 3 N–H and O–H groups in total. The van der Waals surface area contributed by atoms with E-state index in [2.05, 4.69) is 41.5 Å². The highest BCUT2D eigenvalue weighted by Crippen LogP contribution is 2.45. The lowest BCUT2D eigenvalue weighted by atomic mass is 9.99. The molecule has 92 heavy (non-hydrogen) atoms. The van der Waals surface area contributed by atoms with Crippen LogP contribution in [0.4, 0.5) is 0 Å². The topological polar surface area (TPSA) is 237 Å². The summed E-state index contributed by atoms with van der Waals surface area (Å²) in [6, 6.07) is 0. The fraction of sp³-hybridized carbons (Fsp3) is 0.945. The Bertz CT molecular complexity index is 1790. The van der Waals surface area contributed by atoms with Crippen molar-refractivity contribution in [3.63, 3.8) is 0 Å². The number of unbranched alkanes of at least 4 members (excludes halogenated alkanes) is 41. The average molecular weight is 1350 g/mol. The van der Waals surface area contributed by atoms with E-state index in [1.54, 1.807) is 0 Å². The number of rotatable bonds is 72. The van der Waals surface area contributed by atoms with Gasteiger partial charge in [-0.1, -0.05) is 324 Å². The Balaban J connectivity index is 5.14. The monoisotopic (exact) mass is 1350 g/mol. The number of aliphatic hydroxyl groups excluding tert-OH is 1. The Kier molecular flexibility index (Phi) is 63.7. The maximum atomic E-state index is 13.1. The Hall–Kier alpha value is -1.94. The van der Waals surface area contributed by atoms with Crippen molar-refractivity contribution in [3.8, 4) is 0 Å². The van der Waals surface area contributed by atoms with E-state index in [9.17, 15) is 43.2 Å². The largest absolute Gasteiger partial charge is 0.472 e. The number of ether oxygens (including phenoxy) is 4. The van der Waals surface area contributed by atoms with Gasteiger partial charge in [-0.25, -0.2) is 9.13 Å². The Morgan fingerprint density at radius 3 is 0.826 bits per heavy atom. The number of carbonyl (C=O) groups excluding carboxylic acids is 4. The van der Waals surface area contributed by atoms with Gasteiger partial charge in [-0.15, -0.1) is 0 Å². The molecule has 0 amide bonds. The second kappa shape index (κ2) is 65.0. The lowest BCUT2D eigenvalue weighted by molar-refractivity contribution is -0.161. The molecular weight excluding hydrogens is 1210 g/mol. The summed E-state index contributed by atoms with van der Waals surface area (Å²) in [5.41, 5.74) is 0. The molecule has 0 aromatic rings. The minimum Gasteiger partial charge on any atom is -0.462 e. The molecule has 0 aliphatic carbocycles. The quantitative estimate of drug-likeness (QED) is 0.0222. The van der Waals surface area contributed by atoms with Crippen molar-refractivity contribution in [1.82, 2.24) is 0 Å². The van der Waals surface area contributed by atoms with E-state index in [0.717, 1.165) is 108 Å². The van der Waals surface area contributed by atoms with Gasteiger partial charge in [-0.3, -0.25) is 37.3 Å². The van der Waals surface area contributed by atoms with Crippen molar-refractivity contribution in [2.45, 2.75) is 394 Å². The van der Waals surface area contributed by atoms with Crippen LogP contribution in [-0.2, 0) is 65.4 Å². The molecule has 19 heteroatoms. The minimum atomic E-state index is -4.95. The Morgan fingerprint density at radius 2 is 0.554 bits per heavy atom. The molecule has 3 unspecified atom stereocenters. The SMILES string of the molecule is CCCCCCCCCCCCCCCCCCCCCCC(=O)O[C@H](COC(=O)CCCCCCCCCCCCC(C)CC)COP(=O)(O)OC[C@@H](O)COP(=O)(O)OC[C@@H](COC(=O)CCCCCCC)OC(=O)CCCCCCCCCCCCC(C)C. The number of phosphoric ester groups is 2. The molecule has 0 spiro atoms. The zero-order chi connectivity index (χ0) is 67.9. The lowest BCUT2D eigenvalue weighted by Gasteiger charge is -2.21. The predicted molar refractivity (Wildman–Crippen MR) is 372 cm³/mol. The first-order chi connectivity index (χ1) is 44.4. The molecule has 0 aromatic carbocycles.